The van der Waals surface area contributed by atoms with E-state index in [1.165, 1.54) is 0 Å². The molecule has 0 saturated carbocycles. The van der Waals surface area contributed by atoms with Crippen LogP contribution in [0.25, 0.3) is 0 Å². The second-order valence-corrected chi connectivity index (χ2v) is 5.01. The van der Waals surface area contributed by atoms with Crippen LogP contribution < -0.4 is 0 Å². The van der Waals surface area contributed by atoms with Crippen molar-refractivity contribution in [1.29, 1.82) is 0 Å². The molecule has 0 atom stereocenters. The number of ether oxygens (including phenoxy) is 1. The summed E-state index contributed by atoms with van der Waals surface area (Å²) in [5.41, 5.74) is 1.49. The standard InChI is InChI=1S/C15H20N2O3/c1-3-20-15(19)12-6-8-17(9-7-12)14(18)13-5-4-11(2)16-10-13/h4-5,10,12H,3,6-9H2,1-2H3. The van der Waals surface area contributed by atoms with E-state index in [2.05, 4.69) is 4.98 Å². The maximum atomic E-state index is 12.3. The van der Waals surface area contributed by atoms with Crippen LogP contribution in [0.4, 0.5) is 0 Å². The molecular weight excluding hydrogens is 256 g/mol. The summed E-state index contributed by atoms with van der Waals surface area (Å²) in [4.78, 5) is 29.9. The van der Waals surface area contributed by atoms with Crippen molar-refractivity contribution in [3.63, 3.8) is 0 Å². The molecule has 1 aromatic rings. The predicted molar refractivity (Wildman–Crippen MR) is 74.2 cm³/mol. The second kappa shape index (κ2) is 6.50. The van der Waals surface area contributed by atoms with Crippen LogP contribution in [-0.4, -0.2) is 41.5 Å². The SMILES string of the molecule is CCOC(=O)C1CCN(C(=O)c2ccc(C)nc2)CC1. The molecule has 0 aliphatic carbocycles. The zero-order chi connectivity index (χ0) is 14.5. The van der Waals surface area contributed by atoms with Crippen molar-refractivity contribution in [1.82, 2.24) is 9.88 Å². The highest BCUT2D eigenvalue weighted by molar-refractivity contribution is 5.94. The van der Waals surface area contributed by atoms with Gasteiger partial charge in [-0.2, -0.15) is 0 Å². The average molecular weight is 276 g/mol. The molecule has 0 bridgehead atoms. The molecule has 1 aliphatic rings. The zero-order valence-corrected chi connectivity index (χ0v) is 12.0. The van der Waals surface area contributed by atoms with Gasteiger partial charge in [-0.05, 0) is 38.8 Å². The Morgan fingerprint density at radius 1 is 1.35 bits per heavy atom. The number of carbonyl (C=O) groups is 2. The number of likely N-dealkylation sites (tertiary alicyclic amines) is 1. The second-order valence-electron chi connectivity index (χ2n) is 5.01. The van der Waals surface area contributed by atoms with Gasteiger partial charge in [0.1, 0.15) is 0 Å². The normalized spacial score (nSPS) is 16.0. The Balaban J connectivity index is 1.92. The molecule has 1 aliphatic heterocycles. The smallest absolute Gasteiger partial charge is 0.309 e. The molecule has 0 aromatic carbocycles. The number of aryl methyl sites for hydroxylation is 1. The Hall–Kier alpha value is -1.91. The molecule has 2 heterocycles. The van der Waals surface area contributed by atoms with Crippen LogP contribution in [0.1, 0.15) is 35.8 Å². The first-order valence-electron chi connectivity index (χ1n) is 7.00. The van der Waals surface area contributed by atoms with E-state index in [1.54, 1.807) is 24.1 Å². The Morgan fingerprint density at radius 3 is 2.60 bits per heavy atom. The fourth-order valence-corrected chi connectivity index (χ4v) is 2.36. The number of esters is 1. The molecule has 0 radical (unpaired) electrons. The predicted octanol–water partition coefficient (Wildman–Crippen LogP) is 1.81. The molecule has 5 heteroatoms. The van der Waals surface area contributed by atoms with Crippen LogP contribution in [0.15, 0.2) is 18.3 Å². The van der Waals surface area contributed by atoms with Crippen molar-refractivity contribution >= 4 is 11.9 Å². The van der Waals surface area contributed by atoms with Crippen molar-refractivity contribution in [2.24, 2.45) is 5.92 Å². The van der Waals surface area contributed by atoms with Crippen molar-refractivity contribution in [3.05, 3.63) is 29.6 Å². The van der Waals surface area contributed by atoms with Crippen LogP contribution in [-0.2, 0) is 9.53 Å². The topological polar surface area (TPSA) is 59.5 Å². The van der Waals surface area contributed by atoms with Crippen molar-refractivity contribution in [2.75, 3.05) is 19.7 Å². The molecule has 20 heavy (non-hydrogen) atoms. The lowest BCUT2D eigenvalue weighted by Crippen LogP contribution is -2.40. The van der Waals surface area contributed by atoms with E-state index < -0.39 is 0 Å². The molecule has 108 valence electrons. The average Bonchev–Trinajstić information content (AvgIpc) is 2.48. The minimum Gasteiger partial charge on any atom is -0.466 e. The van der Waals surface area contributed by atoms with Crippen LogP contribution in [0.2, 0.25) is 0 Å². The van der Waals surface area contributed by atoms with Crippen LogP contribution >= 0.6 is 0 Å². The number of piperidine rings is 1. The van der Waals surface area contributed by atoms with E-state index in [-0.39, 0.29) is 17.8 Å². The number of hydrogen-bond acceptors (Lipinski definition) is 4. The third kappa shape index (κ3) is 3.35. The number of amides is 1. The van der Waals surface area contributed by atoms with Crippen LogP contribution in [0, 0.1) is 12.8 Å². The Morgan fingerprint density at radius 2 is 2.05 bits per heavy atom. The molecular formula is C15H20N2O3. The molecule has 1 fully saturated rings. The van der Waals surface area contributed by atoms with E-state index in [0.29, 0.717) is 38.1 Å². The van der Waals surface area contributed by atoms with Gasteiger partial charge in [-0.25, -0.2) is 0 Å². The molecule has 5 nitrogen and oxygen atoms in total. The molecule has 1 saturated heterocycles. The number of rotatable bonds is 3. The summed E-state index contributed by atoms with van der Waals surface area (Å²) in [6.07, 6.45) is 2.95. The van der Waals surface area contributed by atoms with Crippen molar-refractivity contribution in [2.45, 2.75) is 26.7 Å². The first-order valence-corrected chi connectivity index (χ1v) is 7.00. The van der Waals surface area contributed by atoms with Gasteiger partial charge in [0.05, 0.1) is 18.1 Å². The highest BCUT2D eigenvalue weighted by Crippen LogP contribution is 2.20. The van der Waals surface area contributed by atoms with E-state index in [4.69, 9.17) is 4.74 Å². The van der Waals surface area contributed by atoms with Gasteiger partial charge in [-0.15, -0.1) is 0 Å². The van der Waals surface area contributed by atoms with E-state index >= 15 is 0 Å². The van der Waals surface area contributed by atoms with Crippen molar-refractivity contribution in [3.8, 4) is 0 Å². The van der Waals surface area contributed by atoms with E-state index in [9.17, 15) is 9.59 Å². The van der Waals surface area contributed by atoms with Gasteiger partial charge in [-0.1, -0.05) is 0 Å². The van der Waals surface area contributed by atoms with Crippen LogP contribution in [0.5, 0.6) is 0 Å². The maximum Gasteiger partial charge on any atom is 0.309 e. The van der Waals surface area contributed by atoms with Gasteiger partial charge in [0.2, 0.25) is 0 Å². The molecule has 0 N–H and O–H groups in total. The Labute approximate surface area is 118 Å². The van der Waals surface area contributed by atoms with Gasteiger partial charge >= 0.3 is 5.97 Å². The lowest BCUT2D eigenvalue weighted by atomic mass is 9.96. The Kier molecular flexibility index (Phi) is 4.71. The summed E-state index contributed by atoms with van der Waals surface area (Å²) < 4.78 is 5.02. The van der Waals surface area contributed by atoms with Gasteiger partial charge < -0.3 is 9.64 Å². The number of aromatic nitrogens is 1. The summed E-state index contributed by atoms with van der Waals surface area (Å²) in [5.74, 6) is -0.230. The molecule has 0 unspecified atom stereocenters. The summed E-state index contributed by atoms with van der Waals surface area (Å²) >= 11 is 0. The third-order valence-corrected chi connectivity index (χ3v) is 3.56. The minimum atomic E-state index is -0.142. The molecule has 0 spiro atoms. The monoisotopic (exact) mass is 276 g/mol. The summed E-state index contributed by atoms with van der Waals surface area (Å²) in [6, 6.07) is 3.63. The summed E-state index contributed by atoms with van der Waals surface area (Å²) in [5, 5.41) is 0. The van der Waals surface area contributed by atoms with Crippen molar-refractivity contribution < 1.29 is 14.3 Å². The fourth-order valence-electron chi connectivity index (χ4n) is 2.36. The highest BCUT2D eigenvalue weighted by atomic mass is 16.5. The number of hydrogen-bond donors (Lipinski definition) is 0. The number of carbonyl (C=O) groups excluding carboxylic acids is 2. The molecule has 1 aromatic heterocycles. The van der Waals surface area contributed by atoms with Gasteiger partial charge in [0.15, 0.2) is 0 Å². The summed E-state index contributed by atoms with van der Waals surface area (Å²) in [7, 11) is 0. The lowest BCUT2D eigenvalue weighted by Gasteiger charge is -2.30. The van der Waals surface area contributed by atoms with Gasteiger partial charge in [0, 0.05) is 25.0 Å². The van der Waals surface area contributed by atoms with Gasteiger partial charge in [-0.3, -0.25) is 14.6 Å². The minimum absolute atomic E-state index is 0.0141. The summed E-state index contributed by atoms with van der Waals surface area (Å²) in [6.45, 7) is 5.29. The molecule has 1 amide bonds. The third-order valence-electron chi connectivity index (χ3n) is 3.56. The quantitative estimate of drug-likeness (QED) is 0.790. The zero-order valence-electron chi connectivity index (χ0n) is 12.0. The number of pyridine rings is 1. The maximum absolute atomic E-state index is 12.3. The highest BCUT2D eigenvalue weighted by Gasteiger charge is 2.28. The van der Waals surface area contributed by atoms with E-state index in [1.807, 2.05) is 13.0 Å². The largest absolute Gasteiger partial charge is 0.466 e. The first kappa shape index (κ1) is 14.5. The number of nitrogens with zero attached hydrogens (tertiary/aromatic N) is 2. The van der Waals surface area contributed by atoms with Crippen LogP contribution in [0.3, 0.4) is 0 Å². The van der Waals surface area contributed by atoms with E-state index in [0.717, 1.165) is 5.69 Å². The van der Waals surface area contributed by atoms with Gasteiger partial charge in [0.25, 0.3) is 5.91 Å². The lowest BCUT2D eigenvalue weighted by molar-refractivity contribution is -0.149. The first-order chi connectivity index (χ1) is 9.61. The Bertz CT molecular complexity index is 476. The fraction of sp³-hybridized carbons (Fsp3) is 0.533. The molecule has 2 rings (SSSR count).